The summed E-state index contributed by atoms with van der Waals surface area (Å²) in [4.78, 5) is 2.17. The quantitative estimate of drug-likeness (QED) is 0.784. The highest BCUT2D eigenvalue weighted by Crippen LogP contribution is 2.20. The maximum atomic E-state index is 5.40. The summed E-state index contributed by atoms with van der Waals surface area (Å²) in [5.41, 5.74) is 3.43. The molecule has 0 saturated heterocycles. The molecule has 0 unspecified atom stereocenters. The second-order valence-electron chi connectivity index (χ2n) is 5.95. The first kappa shape index (κ1) is 18.2. The molecule has 0 saturated carbocycles. The molecule has 0 fully saturated rings. The molecule has 0 aliphatic heterocycles. The van der Waals surface area contributed by atoms with E-state index in [2.05, 4.69) is 60.8 Å². The van der Waals surface area contributed by atoms with Crippen LogP contribution in [0, 0.1) is 6.92 Å². The average molecular weight is 343 g/mol. The number of nitrogens with zero attached hydrogens (tertiary/aromatic N) is 1. The lowest BCUT2D eigenvalue weighted by atomic mass is 10.1. The molecule has 0 aliphatic rings. The fourth-order valence-corrected chi connectivity index (χ4v) is 2.63. The van der Waals surface area contributed by atoms with Crippen LogP contribution >= 0.6 is 12.2 Å². The summed E-state index contributed by atoms with van der Waals surface area (Å²) in [6, 6.07) is 16.5. The van der Waals surface area contributed by atoms with Crippen LogP contribution in [0.4, 0.5) is 5.69 Å². The molecule has 5 heteroatoms. The van der Waals surface area contributed by atoms with Crippen molar-refractivity contribution in [3.05, 3.63) is 59.7 Å². The van der Waals surface area contributed by atoms with Gasteiger partial charge in [0.1, 0.15) is 5.75 Å². The number of likely N-dealkylation sites (N-methyl/N-ethyl adjacent to an activating group) is 1. The second-order valence-corrected chi connectivity index (χ2v) is 6.36. The SMILES string of the molecule is COc1ccc([C@H](CNC(=S)Nc2ccc(C)cc2)N(C)C)cc1. The van der Waals surface area contributed by atoms with Gasteiger partial charge in [0.2, 0.25) is 0 Å². The Hall–Kier alpha value is -2.11. The number of hydrogen-bond acceptors (Lipinski definition) is 3. The average Bonchev–Trinajstić information content (AvgIpc) is 2.57. The molecule has 4 nitrogen and oxygen atoms in total. The summed E-state index contributed by atoms with van der Waals surface area (Å²) in [7, 11) is 5.80. The van der Waals surface area contributed by atoms with Crippen LogP contribution < -0.4 is 15.4 Å². The normalized spacial score (nSPS) is 11.9. The first-order valence-corrected chi connectivity index (χ1v) is 8.32. The Balaban J connectivity index is 1.95. The number of methoxy groups -OCH3 is 1. The highest BCUT2D eigenvalue weighted by Gasteiger charge is 2.14. The molecular weight excluding hydrogens is 318 g/mol. The van der Waals surface area contributed by atoms with Crippen LogP contribution in [0.25, 0.3) is 0 Å². The molecule has 0 aliphatic carbocycles. The molecule has 24 heavy (non-hydrogen) atoms. The molecule has 0 aromatic heterocycles. The number of aryl methyl sites for hydroxylation is 1. The Morgan fingerprint density at radius 3 is 2.25 bits per heavy atom. The van der Waals surface area contributed by atoms with Gasteiger partial charge in [-0.3, -0.25) is 0 Å². The molecular formula is C19H25N3OS. The number of rotatable bonds is 6. The van der Waals surface area contributed by atoms with Gasteiger partial charge in [0.15, 0.2) is 5.11 Å². The predicted molar refractivity (Wildman–Crippen MR) is 105 cm³/mol. The van der Waals surface area contributed by atoms with Gasteiger partial charge in [-0.1, -0.05) is 29.8 Å². The third-order valence-electron chi connectivity index (χ3n) is 3.89. The molecule has 0 amide bonds. The van der Waals surface area contributed by atoms with Crippen LogP contribution in [0.15, 0.2) is 48.5 Å². The van der Waals surface area contributed by atoms with E-state index in [1.807, 2.05) is 24.3 Å². The van der Waals surface area contributed by atoms with E-state index in [0.29, 0.717) is 5.11 Å². The van der Waals surface area contributed by atoms with Gasteiger partial charge in [-0.2, -0.15) is 0 Å². The van der Waals surface area contributed by atoms with Crippen molar-refractivity contribution >= 4 is 23.0 Å². The fourth-order valence-electron chi connectivity index (χ4n) is 2.43. The van der Waals surface area contributed by atoms with Crippen molar-refractivity contribution in [2.75, 3.05) is 33.1 Å². The van der Waals surface area contributed by atoms with Crippen molar-refractivity contribution in [3.63, 3.8) is 0 Å². The van der Waals surface area contributed by atoms with Crippen molar-refractivity contribution in [3.8, 4) is 5.75 Å². The van der Waals surface area contributed by atoms with E-state index >= 15 is 0 Å². The third kappa shape index (κ3) is 5.22. The van der Waals surface area contributed by atoms with Crippen molar-refractivity contribution in [1.29, 1.82) is 0 Å². The summed E-state index contributed by atoms with van der Waals surface area (Å²) in [5, 5.41) is 7.14. The van der Waals surface area contributed by atoms with E-state index in [9.17, 15) is 0 Å². The van der Waals surface area contributed by atoms with E-state index in [1.165, 1.54) is 11.1 Å². The van der Waals surface area contributed by atoms with E-state index < -0.39 is 0 Å². The van der Waals surface area contributed by atoms with Gasteiger partial charge in [0.05, 0.1) is 13.2 Å². The molecule has 2 aromatic rings. The molecule has 2 N–H and O–H groups in total. The van der Waals surface area contributed by atoms with Crippen LogP contribution in [0.1, 0.15) is 17.2 Å². The second kappa shape index (κ2) is 8.66. The summed E-state index contributed by atoms with van der Waals surface area (Å²) >= 11 is 5.40. The summed E-state index contributed by atoms with van der Waals surface area (Å²) in [5.74, 6) is 0.862. The van der Waals surface area contributed by atoms with E-state index in [-0.39, 0.29) is 6.04 Å². The van der Waals surface area contributed by atoms with Gasteiger partial charge in [0, 0.05) is 12.2 Å². The lowest BCUT2D eigenvalue weighted by molar-refractivity contribution is 0.299. The summed E-state index contributed by atoms with van der Waals surface area (Å²) in [6.45, 7) is 2.79. The molecule has 128 valence electrons. The first-order valence-electron chi connectivity index (χ1n) is 7.91. The number of benzene rings is 2. The zero-order valence-corrected chi connectivity index (χ0v) is 15.5. The highest BCUT2D eigenvalue weighted by molar-refractivity contribution is 7.80. The number of thiocarbonyl (C=S) groups is 1. The van der Waals surface area contributed by atoms with Gasteiger partial charge in [-0.05, 0) is 63.1 Å². The first-order chi connectivity index (χ1) is 11.5. The van der Waals surface area contributed by atoms with Crippen LogP contribution in [0.5, 0.6) is 5.75 Å². The molecule has 0 bridgehead atoms. The van der Waals surface area contributed by atoms with Gasteiger partial charge in [-0.25, -0.2) is 0 Å². The maximum absolute atomic E-state index is 5.40. The maximum Gasteiger partial charge on any atom is 0.170 e. The summed E-state index contributed by atoms with van der Waals surface area (Å²) < 4.78 is 5.22. The Kier molecular flexibility index (Phi) is 6.58. The lowest BCUT2D eigenvalue weighted by Crippen LogP contribution is -2.36. The third-order valence-corrected chi connectivity index (χ3v) is 4.14. The van der Waals surface area contributed by atoms with Crippen LogP contribution in [-0.4, -0.2) is 37.8 Å². The minimum Gasteiger partial charge on any atom is -0.497 e. The topological polar surface area (TPSA) is 36.5 Å². The zero-order chi connectivity index (χ0) is 17.5. The van der Waals surface area contributed by atoms with Crippen LogP contribution in [0.3, 0.4) is 0 Å². The van der Waals surface area contributed by atoms with Gasteiger partial charge in [0.25, 0.3) is 0 Å². The number of ether oxygens (including phenoxy) is 1. The number of hydrogen-bond donors (Lipinski definition) is 2. The smallest absolute Gasteiger partial charge is 0.170 e. The molecule has 1 atom stereocenters. The monoisotopic (exact) mass is 343 g/mol. The molecule has 2 rings (SSSR count). The Bertz CT molecular complexity index is 653. The minimum absolute atomic E-state index is 0.216. The van der Waals surface area contributed by atoms with Crippen molar-refractivity contribution in [2.45, 2.75) is 13.0 Å². The molecule has 2 aromatic carbocycles. The Labute approximate surface area is 149 Å². The van der Waals surface area contributed by atoms with Gasteiger partial charge >= 0.3 is 0 Å². The molecule has 0 heterocycles. The Morgan fingerprint density at radius 2 is 1.71 bits per heavy atom. The van der Waals surface area contributed by atoms with Gasteiger partial charge in [-0.15, -0.1) is 0 Å². The number of anilines is 1. The van der Waals surface area contributed by atoms with E-state index in [4.69, 9.17) is 17.0 Å². The minimum atomic E-state index is 0.216. The lowest BCUT2D eigenvalue weighted by Gasteiger charge is -2.26. The standard InChI is InChI=1S/C19H25N3OS/c1-14-5-9-16(10-6-14)21-19(24)20-13-18(22(2)3)15-7-11-17(23-4)12-8-15/h5-12,18H,13H2,1-4H3,(H2,20,21,24)/t18-/m0/s1. The predicted octanol–water partition coefficient (Wildman–Crippen LogP) is 3.59. The van der Waals surface area contributed by atoms with Crippen molar-refractivity contribution in [1.82, 2.24) is 10.2 Å². The van der Waals surface area contributed by atoms with Crippen molar-refractivity contribution in [2.24, 2.45) is 0 Å². The molecule has 0 radical (unpaired) electrons. The van der Waals surface area contributed by atoms with E-state index in [0.717, 1.165) is 18.0 Å². The van der Waals surface area contributed by atoms with Gasteiger partial charge < -0.3 is 20.3 Å². The van der Waals surface area contributed by atoms with E-state index in [1.54, 1.807) is 7.11 Å². The largest absolute Gasteiger partial charge is 0.497 e. The zero-order valence-electron chi connectivity index (χ0n) is 14.7. The highest BCUT2D eigenvalue weighted by atomic mass is 32.1. The van der Waals surface area contributed by atoms with Crippen molar-refractivity contribution < 1.29 is 4.74 Å². The fraction of sp³-hybridized carbons (Fsp3) is 0.316. The number of nitrogens with one attached hydrogen (secondary N) is 2. The molecule has 0 spiro atoms. The Morgan fingerprint density at radius 1 is 1.08 bits per heavy atom. The van der Waals surface area contributed by atoms with Crippen LogP contribution in [0.2, 0.25) is 0 Å². The van der Waals surface area contributed by atoms with Crippen LogP contribution in [-0.2, 0) is 0 Å². The summed E-state index contributed by atoms with van der Waals surface area (Å²) in [6.07, 6.45) is 0.